The van der Waals surface area contributed by atoms with Crippen LogP contribution < -0.4 is 0 Å². The molecule has 1 aromatic heterocycles. The number of carbonyl (C=O) groups excluding carboxylic acids is 2. The molecule has 1 aromatic carbocycles. The Labute approximate surface area is 172 Å². The van der Waals surface area contributed by atoms with Gasteiger partial charge in [-0.3, -0.25) is 14.3 Å². The monoisotopic (exact) mass is 397 g/mol. The van der Waals surface area contributed by atoms with E-state index >= 15 is 0 Å². The average molecular weight is 398 g/mol. The molecule has 0 aliphatic carbocycles. The highest BCUT2D eigenvalue weighted by Crippen LogP contribution is 2.36. The second-order valence-corrected chi connectivity index (χ2v) is 8.11. The lowest BCUT2D eigenvalue weighted by Gasteiger charge is -2.41. The molecule has 3 rings (SSSR count). The van der Waals surface area contributed by atoms with Gasteiger partial charge in [0.15, 0.2) is 0 Å². The largest absolute Gasteiger partial charge is 0.466 e. The van der Waals surface area contributed by atoms with Crippen molar-refractivity contribution in [2.24, 2.45) is 5.41 Å². The molecule has 6 heteroatoms. The number of ether oxygens (including phenoxy) is 1. The van der Waals surface area contributed by atoms with Crippen LogP contribution in [0.3, 0.4) is 0 Å². The lowest BCUT2D eigenvalue weighted by Crippen LogP contribution is -2.52. The maximum Gasteiger partial charge on any atom is 0.314 e. The number of piperidine rings is 1. The predicted molar refractivity (Wildman–Crippen MR) is 111 cm³/mol. The van der Waals surface area contributed by atoms with Crippen LogP contribution in [0.1, 0.15) is 42.3 Å². The van der Waals surface area contributed by atoms with Gasteiger partial charge in [0.25, 0.3) is 0 Å². The van der Waals surface area contributed by atoms with Gasteiger partial charge < -0.3 is 9.64 Å². The van der Waals surface area contributed by atoms with E-state index in [1.165, 1.54) is 0 Å². The smallest absolute Gasteiger partial charge is 0.314 e. The number of hydrogen-bond donors (Lipinski definition) is 0. The maximum atomic E-state index is 13.0. The fraction of sp³-hybridized carbons (Fsp3) is 0.522. The van der Waals surface area contributed by atoms with Crippen molar-refractivity contribution in [2.45, 2.75) is 53.5 Å². The topological polar surface area (TPSA) is 64.4 Å². The molecule has 2 aromatic rings. The van der Waals surface area contributed by atoms with Gasteiger partial charge in [0, 0.05) is 18.8 Å². The summed E-state index contributed by atoms with van der Waals surface area (Å²) in [6, 6.07) is 10.1. The minimum Gasteiger partial charge on any atom is -0.466 e. The van der Waals surface area contributed by atoms with Crippen LogP contribution in [0.5, 0.6) is 0 Å². The van der Waals surface area contributed by atoms with Crippen LogP contribution in [-0.4, -0.2) is 46.3 Å². The Balaban J connectivity index is 1.83. The summed E-state index contributed by atoms with van der Waals surface area (Å²) in [5, 5.41) is 4.40. The van der Waals surface area contributed by atoms with Crippen molar-refractivity contribution in [3.63, 3.8) is 0 Å². The molecule has 1 aliphatic rings. The van der Waals surface area contributed by atoms with E-state index in [0.717, 1.165) is 35.4 Å². The van der Waals surface area contributed by atoms with Crippen molar-refractivity contribution in [1.29, 1.82) is 0 Å². The Hall–Kier alpha value is -2.63. The van der Waals surface area contributed by atoms with Crippen LogP contribution >= 0.6 is 0 Å². The highest BCUT2D eigenvalue weighted by atomic mass is 16.5. The zero-order valence-electron chi connectivity index (χ0n) is 17.9. The first-order chi connectivity index (χ1) is 13.8. The van der Waals surface area contributed by atoms with E-state index in [9.17, 15) is 9.59 Å². The summed E-state index contributed by atoms with van der Waals surface area (Å²) in [5.74, 6) is -0.207. The highest BCUT2D eigenvalue weighted by Gasteiger charge is 2.45. The molecule has 29 heavy (non-hydrogen) atoms. The molecule has 6 nitrogen and oxygen atoms in total. The van der Waals surface area contributed by atoms with Crippen molar-refractivity contribution in [3.8, 4) is 0 Å². The number of benzene rings is 1. The maximum absolute atomic E-state index is 13.0. The minimum atomic E-state index is -0.703. The summed E-state index contributed by atoms with van der Waals surface area (Å²) in [6.07, 6.45) is 2.10. The SMILES string of the molecule is CCOC(=O)[C@@]1(Cc2ccccc2C)CCCN(C(=O)Cn2nc(C)cc2C)C1. The molecule has 0 radical (unpaired) electrons. The van der Waals surface area contributed by atoms with Crippen molar-refractivity contribution in [2.75, 3.05) is 19.7 Å². The van der Waals surface area contributed by atoms with Gasteiger partial charge in [0.2, 0.25) is 5.91 Å². The van der Waals surface area contributed by atoms with Crippen LogP contribution in [-0.2, 0) is 27.3 Å². The van der Waals surface area contributed by atoms with Crippen LogP contribution in [0.15, 0.2) is 30.3 Å². The molecule has 1 aliphatic heterocycles. The van der Waals surface area contributed by atoms with Crippen molar-refractivity contribution < 1.29 is 14.3 Å². The number of aromatic nitrogens is 2. The Bertz CT molecular complexity index is 889. The summed E-state index contributed by atoms with van der Waals surface area (Å²) in [4.78, 5) is 27.9. The number of carbonyl (C=O) groups is 2. The van der Waals surface area contributed by atoms with Gasteiger partial charge in [-0.2, -0.15) is 5.10 Å². The molecule has 0 N–H and O–H groups in total. The number of amides is 1. The predicted octanol–water partition coefficient (Wildman–Crippen LogP) is 3.22. The summed E-state index contributed by atoms with van der Waals surface area (Å²) >= 11 is 0. The summed E-state index contributed by atoms with van der Waals surface area (Å²) < 4.78 is 7.21. The molecule has 1 fully saturated rings. The Morgan fingerprint density at radius 1 is 1.21 bits per heavy atom. The van der Waals surface area contributed by atoms with Crippen LogP contribution in [0, 0.1) is 26.2 Å². The van der Waals surface area contributed by atoms with Crippen molar-refractivity contribution in [1.82, 2.24) is 14.7 Å². The molecule has 2 heterocycles. The highest BCUT2D eigenvalue weighted by molar-refractivity contribution is 5.81. The molecule has 0 spiro atoms. The van der Waals surface area contributed by atoms with Gasteiger partial charge in [-0.1, -0.05) is 24.3 Å². The number of esters is 1. The minimum absolute atomic E-state index is 0.00522. The Morgan fingerprint density at radius 3 is 2.62 bits per heavy atom. The molecule has 1 atom stereocenters. The molecule has 0 bridgehead atoms. The molecular weight excluding hydrogens is 366 g/mol. The normalized spacial score (nSPS) is 19.2. The lowest BCUT2D eigenvalue weighted by atomic mass is 9.74. The third-order valence-corrected chi connectivity index (χ3v) is 5.82. The quantitative estimate of drug-likeness (QED) is 0.702. The van der Waals surface area contributed by atoms with Gasteiger partial charge in [-0.15, -0.1) is 0 Å². The van der Waals surface area contributed by atoms with E-state index < -0.39 is 5.41 Å². The fourth-order valence-corrected chi connectivity index (χ4v) is 4.25. The lowest BCUT2D eigenvalue weighted by molar-refractivity contribution is -0.161. The third-order valence-electron chi connectivity index (χ3n) is 5.82. The second kappa shape index (κ2) is 8.80. The van der Waals surface area contributed by atoms with Gasteiger partial charge >= 0.3 is 5.97 Å². The summed E-state index contributed by atoms with van der Waals surface area (Å²) in [5.41, 5.74) is 3.44. The number of rotatable bonds is 6. The molecular formula is C23H31N3O3. The molecule has 156 valence electrons. The van der Waals surface area contributed by atoms with E-state index in [-0.39, 0.29) is 18.4 Å². The van der Waals surface area contributed by atoms with E-state index in [1.807, 2.05) is 43.9 Å². The van der Waals surface area contributed by atoms with E-state index in [2.05, 4.69) is 24.2 Å². The zero-order chi connectivity index (χ0) is 21.0. The second-order valence-electron chi connectivity index (χ2n) is 8.11. The van der Waals surface area contributed by atoms with Gasteiger partial charge in [-0.25, -0.2) is 0 Å². The van der Waals surface area contributed by atoms with Gasteiger partial charge in [0.05, 0.1) is 17.7 Å². The van der Waals surface area contributed by atoms with Crippen LogP contribution in [0.2, 0.25) is 0 Å². The zero-order valence-corrected chi connectivity index (χ0v) is 17.9. The van der Waals surface area contributed by atoms with Crippen LogP contribution in [0.4, 0.5) is 0 Å². The van der Waals surface area contributed by atoms with E-state index in [0.29, 0.717) is 26.1 Å². The first-order valence-corrected chi connectivity index (χ1v) is 10.4. The van der Waals surface area contributed by atoms with Gasteiger partial charge in [-0.05, 0) is 64.2 Å². The summed E-state index contributed by atoms with van der Waals surface area (Å²) in [6.45, 7) is 9.34. The molecule has 1 amide bonds. The Kier molecular flexibility index (Phi) is 6.40. The summed E-state index contributed by atoms with van der Waals surface area (Å²) in [7, 11) is 0. The first kappa shape index (κ1) is 21.1. The average Bonchev–Trinajstić information content (AvgIpc) is 3.01. The third kappa shape index (κ3) is 4.69. The number of hydrogen-bond acceptors (Lipinski definition) is 4. The number of aryl methyl sites for hydroxylation is 3. The van der Waals surface area contributed by atoms with E-state index in [4.69, 9.17) is 4.74 Å². The fourth-order valence-electron chi connectivity index (χ4n) is 4.25. The molecule has 0 unspecified atom stereocenters. The number of likely N-dealkylation sites (tertiary alicyclic amines) is 1. The van der Waals surface area contributed by atoms with Crippen LogP contribution in [0.25, 0.3) is 0 Å². The van der Waals surface area contributed by atoms with E-state index in [1.54, 1.807) is 4.68 Å². The number of nitrogens with zero attached hydrogens (tertiary/aromatic N) is 3. The van der Waals surface area contributed by atoms with Crippen molar-refractivity contribution in [3.05, 3.63) is 52.8 Å². The standard InChI is InChI=1S/C23H31N3O3/c1-5-29-22(28)23(14-20-10-7-6-9-17(20)2)11-8-12-25(16-23)21(27)15-26-19(4)13-18(3)24-26/h6-7,9-10,13H,5,8,11-12,14-16H2,1-4H3/t23-/m1/s1. The molecule has 0 saturated carbocycles. The Morgan fingerprint density at radius 2 is 1.97 bits per heavy atom. The first-order valence-electron chi connectivity index (χ1n) is 10.4. The van der Waals surface area contributed by atoms with Crippen molar-refractivity contribution >= 4 is 11.9 Å². The van der Waals surface area contributed by atoms with Gasteiger partial charge in [0.1, 0.15) is 6.54 Å². The molecule has 1 saturated heterocycles.